The summed E-state index contributed by atoms with van der Waals surface area (Å²) in [5.74, 6) is -1.37. The van der Waals surface area contributed by atoms with Crippen LogP contribution in [0, 0.1) is 5.92 Å². The first-order valence-corrected chi connectivity index (χ1v) is 5.38. The van der Waals surface area contributed by atoms with E-state index in [4.69, 9.17) is 5.11 Å². The molecule has 1 fully saturated rings. The number of aliphatic carboxylic acids is 1. The number of nitrogens with one attached hydrogen (secondary N) is 3. The highest BCUT2D eigenvalue weighted by atomic mass is 16.4. The topological polar surface area (TPSA) is 107 Å². The van der Waals surface area contributed by atoms with Gasteiger partial charge in [0.2, 0.25) is 5.91 Å². The molecule has 0 bridgehead atoms. The minimum atomic E-state index is -1.04. The molecule has 92 valence electrons. The zero-order chi connectivity index (χ0) is 12.3. The van der Waals surface area contributed by atoms with Crippen LogP contribution in [0.25, 0.3) is 0 Å². The third kappa shape index (κ3) is 2.82. The molecule has 1 aliphatic rings. The molecule has 1 saturated heterocycles. The van der Waals surface area contributed by atoms with Crippen molar-refractivity contribution in [2.45, 2.75) is 12.5 Å². The van der Waals surface area contributed by atoms with Crippen LogP contribution in [0.4, 0.5) is 0 Å². The Kier molecular flexibility index (Phi) is 3.38. The van der Waals surface area contributed by atoms with Crippen LogP contribution in [0.15, 0.2) is 12.5 Å². The number of imidazole rings is 1. The van der Waals surface area contributed by atoms with Gasteiger partial charge in [-0.1, -0.05) is 0 Å². The molecule has 1 amide bonds. The van der Waals surface area contributed by atoms with E-state index < -0.39 is 12.0 Å². The highest BCUT2D eigenvalue weighted by Crippen LogP contribution is 2.05. The van der Waals surface area contributed by atoms with Crippen molar-refractivity contribution in [1.29, 1.82) is 0 Å². The molecule has 4 N–H and O–H groups in total. The summed E-state index contributed by atoms with van der Waals surface area (Å²) in [5.41, 5.74) is 0.685. The highest BCUT2D eigenvalue weighted by molar-refractivity contribution is 5.85. The van der Waals surface area contributed by atoms with Gasteiger partial charge in [-0.3, -0.25) is 4.79 Å². The quantitative estimate of drug-likeness (QED) is 0.512. The summed E-state index contributed by atoms with van der Waals surface area (Å²) >= 11 is 0. The summed E-state index contributed by atoms with van der Waals surface area (Å²) < 4.78 is 0. The summed E-state index contributed by atoms with van der Waals surface area (Å²) in [6.45, 7) is 1.23. The van der Waals surface area contributed by atoms with Crippen molar-refractivity contribution in [3.8, 4) is 0 Å². The second kappa shape index (κ2) is 4.96. The van der Waals surface area contributed by atoms with E-state index in [1.165, 1.54) is 6.33 Å². The SMILES string of the molecule is O=C(N[C@H](Cc1cnc[nH]1)C(=O)O)C1CNC1. The van der Waals surface area contributed by atoms with Crippen molar-refractivity contribution < 1.29 is 14.7 Å². The molecule has 0 saturated carbocycles. The smallest absolute Gasteiger partial charge is 0.326 e. The Morgan fingerprint density at radius 2 is 2.35 bits per heavy atom. The van der Waals surface area contributed by atoms with Crippen LogP contribution in [0.2, 0.25) is 0 Å². The average molecular weight is 238 g/mol. The molecule has 7 nitrogen and oxygen atoms in total. The minimum absolute atomic E-state index is 0.112. The van der Waals surface area contributed by atoms with Crippen molar-refractivity contribution in [2.24, 2.45) is 5.92 Å². The van der Waals surface area contributed by atoms with E-state index in [1.807, 2.05) is 0 Å². The standard InChI is InChI=1S/C10H14N4O3/c15-9(6-2-11-3-6)14-8(10(16)17)1-7-4-12-5-13-7/h4-6,8,11H,1-3H2,(H,12,13)(H,14,15)(H,16,17)/t8-/m1/s1. The third-order valence-corrected chi connectivity index (χ3v) is 2.75. The molecule has 1 atom stereocenters. The Labute approximate surface area is 97.6 Å². The second-order valence-electron chi connectivity index (χ2n) is 4.04. The number of aromatic amines is 1. The van der Waals surface area contributed by atoms with Crippen molar-refractivity contribution >= 4 is 11.9 Å². The fourth-order valence-corrected chi connectivity index (χ4v) is 1.58. The van der Waals surface area contributed by atoms with E-state index in [-0.39, 0.29) is 18.2 Å². The van der Waals surface area contributed by atoms with Crippen LogP contribution in [0.1, 0.15) is 5.69 Å². The summed E-state index contributed by atoms with van der Waals surface area (Å²) in [6.07, 6.45) is 3.24. The van der Waals surface area contributed by atoms with Gasteiger partial charge in [0.05, 0.1) is 12.2 Å². The Morgan fingerprint density at radius 3 is 2.82 bits per heavy atom. The highest BCUT2D eigenvalue weighted by Gasteiger charge is 2.29. The molecule has 2 heterocycles. The molecule has 0 aromatic carbocycles. The van der Waals surface area contributed by atoms with Gasteiger partial charge < -0.3 is 20.7 Å². The molecular weight excluding hydrogens is 224 g/mol. The first-order valence-electron chi connectivity index (χ1n) is 5.38. The Bertz CT molecular complexity index is 400. The first-order chi connectivity index (χ1) is 8.16. The maximum Gasteiger partial charge on any atom is 0.326 e. The number of H-pyrrole nitrogens is 1. The molecule has 0 aliphatic carbocycles. The molecule has 0 spiro atoms. The molecular formula is C10H14N4O3. The molecule has 0 unspecified atom stereocenters. The number of carbonyl (C=O) groups is 2. The number of hydrogen-bond donors (Lipinski definition) is 4. The molecule has 17 heavy (non-hydrogen) atoms. The minimum Gasteiger partial charge on any atom is -0.480 e. The van der Waals surface area contributed by atoms with Gasteiger partial charge in [0, 0.05) is 31.4 Å². The van der Waals surface area contributed by atoms with Gasteiger partial charge in [0.25, 0.3) is 0 Å². The number of carbonyl (C=O) groups excluding carboxylic acids is 1. The third-order valence-electron chi connectivity index (χ3n) is 2.75. The predicted octanol–water partition coefficient (Wildman–Crippen LogP) is -1.26. The summed E-state index contributed by atoms with van der Waals surface area (Å²) in [6, 6.07) is -0.913. The van der Waals surface area contributed by atoms with E-state index in [9.17, 15) is 9.59 Å². The normalized spacial score (nSPS) is 17.2. The van der Waals surface area contributed by atoms with Gasteiger partial charge >= 0.3 is 5.97 Å². The lowest BCUT2D eigenvalue weighted by atomic mass is 10.0. The van der Waals surface area contributed by atoms with E-state index in [0.717, 1.165) is 0 Å². The fourth-order valence-electron chi connectivity index (χ4n) is 1.58. The van der Waals surface area contributed by atoms with Crippen LogP contribution in [-0.4, -0.2) is 46.1 Å². The number of carboxylic acid groups (broad SMARTS) is 1. The van der Waals surface area contributed by atoms with Gasteiger partial charge in [-0.25, -0.2) is 9.78 Å². The van der Waals surface area contributed by atoms with Crippen molar-refractivity contribution in [3.05, 3.63) is 18.2 Å². The second-order valence-corrected chi connectivity index (χ2v) is 4.04. The van der Waals surface area contributed by atoms with Crippen LogP contribution in [0.3, 0.4) is 0 Å². The number of amides is 1. The largest absolute Gasteiger partial charge is 0.480 e. The molecule has 1 aliphatic heterocycles. The average Bonchev–Trinajstić information content (AvgIpc) is 2.66. The maximum absolute atomic E-state index is 11.6. The van der Waals surface area contributed by atoms with Gasteiger partial charge in [-0.15, -0.1) is 0 Å². The molecule has 1 aromatic heterocycles. The Hall–Kier alpha value is -1.89. The van der Waals surface area contributed by atoms with Crippen LogP contribution >= 0.6 is 0 Å². The Morgan fingerprint density at radius 1 is 1.59 bits per heavy atom. The lowest BCUT2D eigenvalue weighted by molar-refractivity contribution is -0.142. The molecule has 1 aromatic rings. The predicted molar refractivity (Wildman–Crippen MR) is 58.2 cm³/mol. The molecule has 0 radical (unpaired) electrons. The zero-order valence-corrected chi connectivity index (χ0v) is 9.14. The molecule has 2 rings (SSSR count). The Balaban J connectivity index is 1.92. The van der Waals surface area contributed by atoms with E-state index in [1.54, 1.807) is 6.20 Å². The maximum atomic E-state index is 11.6. The fraction of sp³-hybridized carbons (Fsp3) is 0.500. The van der Waals surface area contributed by atoms with E-state index in [0.29, 0.717) is 18.8 Å². The van der Waals surface area contributed by atoms with Gasteiger partial charge in [0.15, 0.2) is 0 Å². The zero-order valence-electron chi connectivity index (χ0n) is 9.14. The van der Waals surface area contributed by atoms with Gasteiger partial charge in [-0.05, 0) is 0 Å². The number of nitrogens with zero attached hydrogens (tertiary/aromatic N) is 1. The van der Waals surface area contributed by atoms with Crippen molar-refractivity contribution in [1.82, 2.24) is 20.6 Å². The number of rotatable bonds is 5. The van der Waals surface area contributed by atoms with Crippen molar-refractivity contribution in [3.63, 3.8) is 0 Å². The van der Waals surface area contributed by atoms with Crippen LogP contribution in [0.5, 0.6) is 0 Å². The lowest BCUT2D eigenvalue weighted by Gasteiger charge is -2.27. The van der Waals surface area contributed by atoms with E-state index >= 15 is 0 Å². The van der Waals surface area contributed by atoms with Gasteiger partial charge in [0.1, 0.15) is 6.04 Å². The first kappa shape index (κ1) is 11.6. The number of aromatic nitrogens is 2. The number of hydrogen-bond acceptors (Lipinski definition) is 4. The number of carboxylic acids is 1. The summed E-state index contributed by atoms with van der Waals surface area (Å²) in [4.78, 5) is 29.3. The van der Waals surface area contributed by atoms with Gasteiger partial charge in [-0.2, -0.15) is 0 Å². The summed E-state index contributed by atoms with van der Waals surface area (Å²) in [5, 5.41) is 14.5. The van der Waals surface area contributed by atoms with Crippen molar-refractivity contribution in [2.75, 3.05) is 13.1 Å². The lowest BCUT2D eigenvalue weighted by Crippen LogP contribution is -2.54. The van der Waals surface area contributed by atoms with Crippen LogP contribution < -0.4 is 10.6 Å². The van der Waals surface area contributed by atoms with E-state index in [2.05, 4.69) is 20.6 Å². The monoisotopic (exact) mass is 238 g/mol. The molecule has 7 heteroatoms. The summed E-state index contributed by atoms with van der Waals surface area (Å²) in [7, 11) is 0. The van der Waals surface area contributed by atoms with Crippen LogP contribution in [-0.2, 0) is 16.0 Å².